The first kappa shape index (κ1) is 12.8. The van der Waals surface area contributed by atoms with Crippen LogP contribution >= 0.6 is 11.6 Å². The standard InChI is InChI=1S/C14H19ClFN/c15-11-6-7-13(14(16)8-11)12-5-3-1-2-4-10(12)9-17/h6-8,10,12H,1-5,9,17H2. The fraction of sp³-hybridized carbons (Fsp3) is 0.571. The number of rotatable bonds is 2. The van der Waals surface area contributed by atoms with Gasteiger partial charge < -0.3 is 5.73 Å². The van der Waals surface area contributed by atoms with Crippen LogP contribution in [0.15, 0.2) is 18.2 Å². The molecule has 0 aromatic heterocycles. The van der Waals surface area contributed by atoms with Crippen molar-refractivity contribution in [1.29, 1.82) is 0 Å². The number of benzene rings is 1. The lowest BCUT2D eigenvalue weighted by Gasteiger charge is -2.24. The minimum absolute atomic E-state index is 0.178. The van der Waals surface area contributed by atoms with Gasteiger partial charge in [-0.25, -0.2) is 4.39 Å². The number of halogens is 2. The molecule has 0 aliphatic heterocycles. The average Bonchev–Trinajstić information content (AvgIpc) is 2.54. The van der Waals surface area contributed by atoms with Crippen molar-refractivity contribution in [1.82, 2.24) is 0 Å². The SMILES string of the molecule is NCC1CCCCCC1c1ccc(Cl)cc1F. The maximum Gasteiger partial charge on any atom is 0.128 e. The van der Waals surface area contributed by atoms with E-state index in [2.05, 4.69) is 0 Å². The lowest BCUT2D eigenvalue weighted by molar-refractivity contribution is 0.396. The molecule has 2 rings (SSSR count). The monoisotopic (exact) mass is 255 g/mol. The van der Waals surface area contributed by atoms with E-state index in [1.54, 1.807) is 6.07 Å². The lowest BCUT2D eigenvalue weighted by atomic mass is 9.82. The van der Waals surface area contributed by atoms with Gasteiger partial charge in [0.1, 0.15) is 5.82 Å². The summed E-state index contributed by atoms with van der Waals surface area (Å²) in [5.74, 6) is 0.496. The molecule has 0 saturated heterocycles. The van der Waals surface area contributed by atoms with Crippen molar-refractivity contribution < 1.29 is 4.39 Å². The molecule has 1 aromatic rings. The van der Waals surface area contributed by atoms with Gasteiger partial charge in [0.25, 0.3) is 0 Å². The second-order valence-electron chi connectivity index (χ2n) is 4.91. The van der Waals surface area contributed by atoms with Crippen molar-refractivity contribution in [2.24, 2.45) is 11.7 Å². The van der Waals surface area contributed by atoms with Crippen molar-refractivity contribution in [3.63, 3.8) is 0 Å². The highest BCUT2D eigenvalue weighted by Crippen LogP contribution is 2.37. The normalized spacial score (nSPS) is 25.6. The minimum atomic E-state index is -0.178. The van der Waals surface area contributed by atoms with Crippen molar-refractivity contribution in [2.45, 2.75) is 38.0 Å². The quantitative estimate of drug-likeness (QED) is 0.791. The third kappa shape index (κ3) is 2.99. The lowest BCUT2D eigenvalue weighted by Crippen LogP contribution is -2.21. The molecule has 2 unspecified atom stereocenters. The molecule has 1 nitrogen and oxygen atoms in total. The van der Waals surface area contributed by atoms with Gasteiger partial charge >= 0.3 is 0 Å². The van der Waals surface area contributed by atoms with E-state index in [4.69, 9.17) is 17.3 Å². The van der Waals surface area contributed by atoms with Crippen LogP contribution in [-0.2, 0) is 0 Å². The van der Waals surface area contributed by atoms with Crippen molar-refractivity contribution in [2.75, 3.05) is 6.54 Å². The van der Waals surface area contributed by atoms with Gasteiger partial charge in [-0.1, -0.05) is 36.9 Å². The first-order valence-corrected chi connectivity index (χ1v) is 6.75. The zero-order chi connectivity index (χ0) is 12.3. The second kappa shape index (κ2) is 5.83. The van der Waals surface area contributed by atoms with Gasteiger partial charge in [0, 0.05) is 5.02 Å². The van der Waals surface area contributed by atoms with E-state index < -0.39 is 0 Å². The minimum Gasteiger partial charge on any atom is -0.330 e. The highest BCUT2D eigenvalue weighted by molar-refractivity contribution is 6.30. The molecule has 3 heteroatoms. The molecule has 1 aromatic carbocycles. The van der Waals surface area contributed by atoms with E-state index in [9.17, 15) is 4.39 Å². The van der Waals surface area contributed by atoms with Gasteiger partial charge in [-0.15, -0.1) is 0 Å². The van der Waals surface area contributed by atoms with Crippen LogP contribution in [0.25, 0.3) is 0 Å². The van der Waals surface area contributed by atoms with E-state index in [1.165, 1.54) is 25.3 Å². The summed E-state index contributed by atoms with van der Waals surface area (Å²) in [5.41, 5.74) is 6.63. The Hall–Kier alpha value is -0.600. The van der Waals surface area contributed by atoms with Crippen molar-refractivity contribution in [3.8, 4) is 0 Å². The summed E-state index contributed by atoms with van der Waals surface area (Å²) in [6.45, 7) is 0.646. The van der Waals surface area contributed by atoms with Crippen LogP contribution in [0.1, 0.15) is 43.6 Å². The third-order valence-corrected chi connectivity index (χ3v) is 4.06. The van der Waals surface area contributed by atoms with Crippen LogP contribution in [0.3, 0.4) is 0 Å². The fourth-order valence-electron chi connectivity index (χ4n) is 2.88. The first-order chi connectivity index (χ1) is 8.22. The number of hydrogen-bond acceptors (Lipinski definition) is 1. The van der Waals surface area contributed by atoms with E-state index in [0.29, 0.717) is 17.5 Å². The third-order valence-electron chi connectivity index (χ3n) is 3.82. The molecule has 1 saturated carbocycles. The van der Waals surface area contributed by atoms with Gasteiger partial charge in [0.2, 0.25) is 0 Å². The van der Waals surface area contributed by atoms with E-state index >= 15 is 0 Å². The summed E-state index contributed by atoms with van der Waals surface area (Å²) in [6, 6.07) is 5.02. The zero-order valence-corrected chi connectivity index (χ0v) is 10.7. The van der Waals surface area contributed by atoms with Crippen LogP contribution < -0.4 is 5.73 Å². The summed E-state index contributed by atoms with van der Waals surface area (Å²) >= 11 is 5.79. The van der Waals surface area contributed by atoms with Crippen LogP contribution in [0.2, 0.25) is 5.02 Å². The van der Waals surface area contributed by atoms with Gasteiger partial charge in [0.15, 0.2) is 0 Å². The van der Waals surface area contributed by atoms with Crippen molar-refractivity contribution in [3.05, 3.63) is 34.6 Å². The molecule has 1 aliphatic carbocycles. The summed E-state index contributed by atoms with van der Waals surface area (Å²) in [6.07, 6.45) is 5.78. The molecule has 94 valence electrons. The van der Waals surface area contributed by atoms with Crippen LogP contribution in [0, 0.1) is 11.7 Å². The Balaban J connectivity index is 2.28. The molecule has 0 amide bonds. The van der Waals surface area contributed by atoms with Gasteiger partial charge in [-0.2, -0.15) is 0 Å². The molecule has 0 spiro atoms. The molecule has 2 N–H and O–H groups in total. The van der Waals surface area contributed by atoms with E-state index in [1.807, 2.05) is 6.07 Å². The summed E-state index contributed by atoms with van der Waals surface area (Å²) < 4.78 is 14.0. The number of hydrogen-bond donors (Lipinski definition) is 1. The molecule has 1 aliphatic rings. The average molecular weight is 256 g/mol. The van der Waals surface area contributed by atoms with E-state index in [0.717, 1.165) is 18.4 Å². The Bertz CT molecular complexity index is 380. The Morgan fingerprint density at radius 3 is 2.71 bits per heavy atom. The fourth-order valence-corrected chi connectivity index (χ4v) is 3.04. The smallest absolute Gasteiger partial charge is 0.128 e. The molecule has 0 radical (unpaired) electrons. The molecule has 1 fully saturated rings. The second-order valence-corrected chi connectivity index (χ2v) is 5.34. The first-order valence-electron chi connectivity index (χ1n) is 6.37. The van der Waals surface area contributed by atoms with Gasteiger partial charge in [-0.3, -0.25) is 0 Å². The molecule has 0 heterocycles. The zero-order valence-electron chi connectivity index (χ0n) is 9.96. The molecule has 2 atom stereocenters. The summed E-state index contributed by atoms with van der Waals surface area (Å²) in [7, 11) is 0. The Morgan fingerprint density at radius 1 is 1.24 bits per heavy atom. The Morgan fingerprint density at radius 2 is 2.00 bits per heavy atom. The van der Waals surface area contributed by atoms with E-state index in [-0.39, 0.29) is 11.7 Å². The Labute approximate surface area is 107 Å². The van der Waals surface area contributed by atoms with Crippen molar-refractivity contribution >= 4 is 11.6 Å². The molecule has 17 heavy (non-hydrogen) atoms. The predicted molar refractivity (Wildman–Crippen MR) is 69.8 cm³/mol. The summed E-state index contributed by atoms with van der Waals surface area (Å²) in [5, 5.41) is 0.462. The van der Waals surface area contributed by atoms with Crippen LogP contribution in [-0.4, -0.2) is 6.54 Å². The highest BCUT2D eigenvalue weighted by Gasteiger charge is 2.26. The maximum atomic E-state index is 14.0. The molecule has 0 bridgehead atoms. The highest BCUT2D eigenvalue weighted by atomic mass is 35.5. The van der Waals surface area contributed by atoms with Crippen LogP contribution in [0.4, 0.5) is 4.39 Å². The van der Waals surface area contributed by atoms with Gasteiger partial charge in [-0.05, 0) is 48.9 Å². The largest absolute Gasteiger partial charge is 0.330 e. The topological polar surface area (TPSA) is 26.0 Å². The van der Waals surface area contributed by atoms with Crippen LogP contribution in [0.5, 0.6) is 0 Å². The molecular weight excluding hydrogens is 237 g/mol. The number of nitrogens with two attached hydrogens (primary N) is 1. The molecular formula is C14H19ClFN. The summed E-state index contributed by atoms with van der Waals surface area (Å²) in [4.78, 5) is 0. The maximum absolute atomic E-state index is 14.0. The predicted octanol–water partition coefficient (Wildman–Crippen LogP) is 4.10. The van der Waals surface area contributed by atoms with Gasteiger partial charge in [0.05, 0.1) is 0 Å². The Kier molecular flexibility index (Phi) is 4.41.